The van der Waals surface area contributed by atoms with E-state index in [1.54, 1.807) is 18.4 Å². The zero-order chi connectivity index (χ0) is 24.7. The average molecular weight is 500 g/mol. The van der Waals surface area contributed by atoms with Crippen molar-refractivity contribution in [3.05, 3.63) is 77.8 Å². The monoisotopic (exact) mass is 499 g/mol. The van der Waals surface area contributed by atoms with E-state index in [0.29, 0.717) is 6.54 Å². The van der Waals surface area contributed by atoms with E-state index in [4.69, 9.17) is 9.72 Å². The molecule has 8 heteroatoms. The topological polar surface area (TPSA) is 80.2 Å². The van der Waals surface area contributed by atoms with Crippen LogP contribution in [0.25, 0.3) is 21.8 Å². The number of carbonyl (C=O) groups is 1. The lowest BCUT2D eigenvalue weighted by Gasteiger charge is -2.31. The van der Waals surface area contributed by atoms with E-state index in [-0.39, 0.29) is 11.8 Å². The Kier molecular flexibility index (Phi) is 7.52. The summed E-state index contributed by atoms with van der Waals surface area (Å²) in [6.45, 7) is 2.19. The molecular formula is C28H29N5O2S. The first-order valence-corrected chi connectivity index (χ1v) is 13.1. The first kappa shape index (κ1) is 23.9. The minimum atomic E-state index is 0.0306. The van der Waals surface area contributed by atoms with Crippen molar-refractivity contribution in [2.45, 2.75) is 19.3 Å². The Morgan fingerprint density at radius 1 is 1.00 bits per heavy atom. The molecule has 1 saturated heterocycles. The molecular weight excluding hydrogens is 470 g/mol. The van der Waals surface area contributed by atoms with Crippen molar-refractivity contribution in [3.63, 3.8) is 0 Å². The average Bonchev–Trinajstić information content (AvgIpc) is 3.43. The molecule has 2 aromatic heterocycles. The van der Waals surface area contributed by atoms with Crippen LogP contribution in [0.2, 0.25) is 0 Å². The number of nitrogens with zero attached hydrogens (tertiary/aromatic N) is 4. The van der Waals surface area contributed by atoms with E-state index in [1.165, 1.54) is 0 Å². The number of rotatable bonds is 8. The maximum atomic E-state index is 12.7. The summed E-state index contributed by atoms with van der Waals surface area (Å²) in [5.41, 5.74) is 3.97. The number of piperidine rings is 1. The van der Waals surface area contributed by atoms with Crippen molar-refractivity contribution in [1.29, 1.82) is 0 Å². The Morgan fingerprint density at radius 3 is 2.47 bits per heavy atom. The fourth-order valence-corrected chi connectivity index (χ4v) is 5.23. The Balaban J connectivity index is 1.07. The van der Waals surface area contributed by atoms with Crippen molar-refractivity contribution < 1.29 is 9.53 Å². The summed E-state index contributed by atoms with van der Waals surface area (Å²) in [5, 5.41) is 15.0. The number of thiazole rings is 1. The van der Waals surface area contributed by atoms with Crippen LogP contribution in [0.3, 0.4) is 0 Å². The van der Waals surface area contributed by atoms with Crippen LogP contribution in [0.4, 0.5) is 5.82 Å². The summed E-state index contributed by atoms with van der Waals surface area (Å²) in [6, 6.07) is 22.0. The number of aromatic nitrogens is 3. The lowest BCUT2D eigenvalue weighted by atomic mass is 9.96. The minimum Gasteiger partial charge on any atom is -0.497 e. The zero-order valence-electron chi connectivity index (χ0n) is 20.3. The molecule has 1 aliphatic heterocycles. The number of hydrogen-bond donors (Lipinski definition) is 1. The van der Waals surface area contributed by atoms with E-state index < -0.39 is 0 Å². The van der Waals surface area contributed by atoms with E-state index in [9.17, 15) is 4.79 Å². The highest BCUT2D eigenvalue weighted by Gasteiger charge is 2.25. The first-order valence-electron chi connectivity index (χ1n) is 12.2. The third-order valence-corrected chi connectivity index (χ3v) is 7.42. The molecule has 2 aromatic carbocycles. The smallest absolute Gasteiger partial charge is 0.223 e. The van der Waals surface area contributed by atoms with E-state index in [0.717, 1.165) is 71.4 Å². The van der Waals surface area contributed by atoms with Crippen LogP contribution in [-0.2, 0) is 11.2 Å². The van der Waals surface area contributed by atoms with Gasteiger partial charge >= 0.3 is 0 Å². The molecule has 7 nitrogen and oxygen atoms in total. The molecule has 0 saturated carbocycles. The molecule has 4 aromatic rings. The van der Waals surface area contributed by atoms with E-state index in [2.05, 4.69) is 37.9 Å². The van der Waals surface area contributed by atoms with Crippen molar-refractivity contribution in [2.24, 2.45) is 5.92 Å². The SMILES string of the molecule is COc1ccc(-c2ccc(N3CCC(C(=O)NCCc4csc(-c5ccccc5)n4)CC3)nn2)cc1. The standard InChI is InChI=1S/C28H29N5O2S/c1-35-24-9-7-20(8-10-24)25-11-12-26(32-31-25)33-17-14-21(15-18-33)27(34)29-16-13-23-19-36-28(30-23)22-5-3-2-4-6-22/h2-12,19,21H,13-18H2,1H3,(H,29,34). The summed E-state index contributed by atoms with van der Waals surface area (Å²) in [5.74, 6) is 1.83. The molecule has 1 aliphatic rings. The maximum absolute atomic E-state index is 12.7. The molecule has 184 valence electrons. The highest BCUT2D eigenvalue weighted by molar-refractivity contribution is 7.13. The summed E-state index contributed by atoms with van der Waals surface area (Å²) in [6.07, 6.45) is 2.36. The molecule has 0 unspecified atom stereocenters. The van der Waals surface area contributed by atoms with Gasteiger partial charge in [-0.15, -0.1) is 21.5 Å². The fraction of sp³-hybridized carbons (Fsp3) is 0.286. The largest absolute Gasteiger partial charge is 0.497 e. The molecule has 1 amide bonds. The van der Waals surface area contributed by atoms with Gasteiger partial charge in [-0.1, -0.05) is 30.3 Å². The predicted molar refractivity (Wildman–Crippen MR) is 143 cm³/mol. The van der Waals surface area contributed by atoms with Gasteiger partial charge in [-0.25, -0.2) is 4.98 Å². The van der Waals surface area contributed by atoms with Crippen LogP contribution in [0.1, 0.15) is 18.5 Å². The van der Waals surface area contributed by atoms with Crippen molar-refractivity contribution >= 4 is 23.1 Å². The molecule has 3 heterocycles. The van der Waals surface area contributed by atoms with E-state index >= 15 is 0 Å². The number of anilines is 1. The summed E-state index contributed by atoms with van der Waals surface area (Å²) in [7, 11) is 1.65. The van der Waals surface area contributed by atoms with Crippen LogP contribution < -0.4 is 15.0 Å². The molecule has 5 rings (SSSR count). The molecule has 1 N–H and O–H groups in total. The van der Waals surface area contributed by atoms with Crippen molar-refractivity contribution in [3.8, 4) is 27.6 Å². The fourth-order valence-electron chi connectivity index (χ4n) is 4.37. The van der Waals surface area contributed by atoms with Crippen molar-refractivity contribution in [2.75, 3.05) is 31.6 Å². The predicted octanol–water partition coefficient (Wildman–Crippen LogP) is 4.85. The van der Waals surface area contributed by atoms with Gasteiger partial charge in [0.15, 0.2) is 5.82 Å². The van der Waals surface area contributed by atoms with Gasteiger partial charge in [0.05, 0.1) is 18.5 Å². The first-order chi connectivity index (χ1) is 17.7. The van der Waals surface area contributed by atoms with Gasteiger partial charge < -0.3 is 15.0 Å². The summed E-state index contributed by atoms with van der Waals surface area (Å²) in [4.78, 5) is 19.6. The molecule has 0 atom stereocenters. The van der Waals surface area contributed by atoms with Crippen LogP contribution >= 0.6 is 11.3 Å². The number of amides is 1. The number of hydrogen-bond acceptors (Lipinski definition) is 7. The molecule has 0 radical (unpaired) electrons. The number of nitrogens with one attached hydrogen (secondary N) is 1. The number of carbonyl (C=O) groups excluding carboxylic acids is 1. The van der Waals surface area contributed by atoms with Gasteiger partial charge in [0.25, 0.3) is 0 Å². The second-order valence-electron chi connectivity index (χ2n) is 8.82. The molecule has 0 spiro atoms. The van der Waals surface area contributed by atoms with Crippen LogP contribution in [-0.4, -0.2) is 47.8 Å². The number of methoxy groups -OCH3 is 1. The van der Waals surface area contributed by atoms with Crippen LogP contribution in [0.5, 0.6) is 5.75 Å². The quantitative estimate of drug-likeness (QED) is 0.373. The van der Waals surface area contributed by atoms with E-state index in [1.807, 2.05) is 54.6 Å². The summed E-state index contributed by atoms with van der Waals surface area (Å²) < 4.78 is 5.21. The lowest BCUT2D eigenvalue weighted by molar-refractivity contribution is -0.125. The van der Waals surface area contributed by atoms with Crippen LogP contribution in [0.15, 0.2) is 72.1 Å². The zero-order valence-corrected chi connectivity index (χ0v) is 21.1. The lowest BCUT2D eigenvalue weighted by Crippen LogP contribution is -2.41. The molecule has 0 aliphatic carbocycles. The highest BCUT2D eigenvalue weighted by Crippen LogP contribution is 2.25. The second kappa shape index (κ2) is 11.3. The van der Waals surface area contributed by atoms with Gasteiger partial charge in [-0.05, 0) is 49.2 Å². The third kappa shape index (κ3) is 5.71. The minimum absolute atomic E-state index is 0.0306. The summed E-state index contributed by atoms with van der Waals surface area (Å²) >= 11 is 1.64. The van der Waals surface area contributed by atoms with Crippen LogP contribution in [0, 0.1) is 5.92 Å². The van der Waals surface area contributed by atoms with Gasteiger partial charge in [-0.2, -0.15) is 0 Å². The van der Waals surface area contributed by atoms with Gasteiger partial charge in [-0.3, -0.25) is 4.79 Å². The number of ether oxygens (including phenoxy) is 1. The van der Waals surface area contributed by atoms with Gasteiger partial charge in [0.2, 0.25) is 5.91 Å². The Bertz CT molecular complexity index is 1270. The third-order valence-electron chi connectivity index (χ3n) is 6.48. The Labute approximate surface area is 215 Å². The van der Waals surface area contributed by atoms with Gasteiger partial charge in [0, 0.05) is 48.5 Å². The molecule has 1 fully saturated rings. The Morgan fingerprint density at radius 2 is 1.78 bits per heavy atom. The van der Waals surface area contributed by atoms with Gasteiger partial charge in [0.1, 0.15) is 10.8 Å². The second-order valence-corrected chi connectivity index (χ2v) is 9.68. The normalized spacial score (nSPS) is 14.0. The molecule has 0 bridgehead atoms. The number of benzene rings is 2. The van der Waals surface area contributed by atoms with Crippen molar-refractivity contribution in [1.82, 2.24) is 20.5 Å². The Hall–Kier alpha value is -3.78. The highest BCUT2D eigenvalue weighted by atomic mass is 32.1. The maximum Gasteiger partial charge on any atom is 0.223 e. The molecule has 36 heavy (non-hydrogen) atoms.